The Morgan fingerprint density at radius 2 is 1.95 bits per heavy atom. The minimum atomic E-state index is -0.911. The maximum absolute atomic E-state index is 12.4. The highest BCUT2D eigenvalue weighted by Gasteiger charge is 2.23. The molecule has 0 aliphatic carbocycles. The Morgan fingerprint density at radius 1 is 1.30 bits per heavy atom. The summed E-state index contributed by atoms with van der Waals surface area (Å²) in [5.74, 6) is -0.0161. The second kappa shape index (κ2) is 7.12. The number of carbonyl (C=O) groups excluding carboxylic acids is 1. The molecule has 0 aromatic carbocycles. The lowest BCUT2D eigenvalue weighted by atomic mass is 10.1. The first-order chi connectivity index (χ1) is 9.40. The molecule has 1 amide bonds. The summed E-state index contributed by atoms with van der Waals surface area (Å²) in [6.45, 7) is 7.92. The van der Waals surface area contributed by atoms with Gasteiger partial charge in [0.25, 0.3) is 5.91 Å². The molecule has 20 heavy (non-hydrogen) atoms. The molecule has 0 radical (unpaired) electrons. The van der Waals surface area contributed by atoms with E-state index in [1.807, 2.05) is 27.7 Å². The van der Waals surface area contributed by atoms with Crippen LogP contribution in [0.5, 0.6) is 0 Å². The molecule has 112 valence electrons. The Labute approximate surface area is 119 Å². The SMILES string of the molecule is CCc1cc(C(=O)N(CCC(=O)O)C(C)C)oc1CC. The summed E-state index contributed by atoms with van der Waals surface area (Å²) in [6, 6.07) is 1.71. The average molecular weight is 281 g/mol. The molecule has 0 aliphatic rings. The van der Waals surface area contributed by atoms with Crippen LogP contribution in [0.25, 0.3) is 0 Å². The quantitative estimate of drug-likeness (QED) is 0.834. The summed E-state index contributed by atoms with van der Waals surface area (Å²) in [7, 11) is 0. The van der Waals surface area contributed by atoms with Crippen LogP contribution in [0.2, 0.25) is 0 Å². The Balaban J connectivity index is 2.94. The standard InChI is InChI=1S/C15H23NO4/c1-5-11-9-13(20-12(11)6-2)15(19)16(10(3)4)8-7-14(17)18/h9-10H,5-8H2,1-4H3,(H,17,18). The zero-order chi connectivity index (χ0) is 15.3. The summed E-state index contributed by atoms with van der Waals surface area (Å²) in [5.41, 5.74) is 1.04. The minimum Gasteiger partial charge on any atom is -0.481 e. The van der Waals surface area contributed by atoms with Gasteiger partial charge in [0.1, 0.15) is 5.76 Å². The molecule has 1 N–H and O–H groups in total. The molecule has 0 bridgehead atoms. The molecule has 0 aliphatic heterocycles. The van der Waals surface area contributed by atoms with Crippen molar-refractivity contribution in [2.45, 2.75) is 53.0 Å². The summed E-state index contributed by atoms with van der Waals surface area (Å²) < 4.78 is 5.62. The van der Waals surface area contributed by atoms with Crippen molar-refractivity contribution in [2.75, 3.05) is 6.54 Å². The molecule has 5 heteroatoms. The molecule has 0 fully saturated rings. The summed E-state index contributed by atoms with van der Waals surface area (Å²) in [5, 5.41) is 8.76. The summed E-state index contributed by atoms with van der Waals surface area (Å²) in [6.07, 6.45) is 1.50. The number of amides is 1. The number of aliphatic carboxylic acids is 1. The Hall–Kier alpha value is -1.78. The van der Waals surface area contributed by atoms with Crippen LogP contribution in [0, 0.1) is 0 Å². The van der Waals surface area contributed by atoms with Gasteiger partial charge in [0.05, 0.1) is 6.42 Å². The molecule has 0 spiro atoms. The molecular weight excluding hydrogens is 258 g/mol. The fourth-order valence-corrected chi connectivity index (χ4v) is 2.12. The van der Waals surface area contributed by atoms with E-state index in [4.69, 9.17) is 9.52 Å². The number of rotatable bonds is 7. The molecule has 0 saturated heterocycles. The fraction of sp³-hybridized carbons (Fsp3) is 0.600. The molecule has 0 atom stereocenters. The van der Waals surface area contributed by atoms with E-state index in [0.29, 0.717) is 5.76 Å². The van der Waals surface area contributed by atoms with Gasteiger partial charge in [-0.25, -0.2) is 0 Å². The van der Waals surface area contributed by atoms with Crippen LogP contribution in [0.4, 0.5) is 0 Å². The van der Waals surface area contributed by atoms with Gasteiger partial charge in [0.2, 0.25) is 0 Å². The fourth-order valence-electron chi connectivity index (χ4n) is 2.12. The van der Waals surface area contributed by atoms with E-state index in [-0.39, 0.29) is 24.9 Å². The first-order valence-electron chi connectivity index (χ1n) is 7.05. The van der Waals surface area contributed by atoms with Gasteiger partial charge in [-0.1, -0.05) is 13.8 Å². The van der Waals surface area contributed by atoms with Crippen LogP contribution in [-0.4, -0.2) is 34.5 Å². The highest BCUT2D eigenvalue weighted by Crippen LogP contribution is 2.19. The van der Waals surface area contributed by atoms with Crippen molar-refractivity contribution in [3.8, 4) is 0 Å². The van der Waals surface area contributed by atoms with E-state index in [0.717, 1.165) is 24.2 Å². The van der Waals surface area contributed by atoms with Gasteiger partial charge < -0.3 is 14.4 Å². The summed E-state index contributed by atoms with van der Waals surface area (Å²) >= 11 is 0. The van der Waals surface area contributed by atoms with Crippen LogP contribution in [0.1, 0.15) is 56.0 Å². The van der Waals surface area contributed by atoms with Gasteiger partial charge in [-0.05, 0) is 31.9 Å². The van der Waals surface area contributed by atoms with Gasteiger partial charge >= 0.3 is 5.97 Å². The van der Waals surface area contributed by atoms with E-state index in [9.17, 15) is 9.59 Å². The van der Waals surface area contributed by atoms with Gasteiger partial charge in [0, 0.05) is 19.0 Å². The lowest BCUT2D eigenvalue weighted by Gasteiger charge is -2.25. The van der Waals surface area contributed by atoms with Crippen LogP contribution >= 0.6 is 0 Å². The molecule has 1 aromatic heterocycles. The van der Waals surface area contributed by atoms with Gasteiger partial charge in [0.15, 0.2) is 5.76 Å². The maximum atomic E-state index is 12.4. The lowest BCUT2D eigenvalue weighted by Crippen LogP contribution is -2.38. The first-order valence-corrected chi connectivity index (χ1v) is 7.05. The minimum absolute atomic E-state index is 0.0636. The number of carbonyl (C=O) groups is 2. The van der Waals surface area contributed by atoms with Crippen molar-refractivity contribution in [3.63, 3.8) is 0 Å². The van der Waals surface area contributed by atoms with Crippen molar-refractivity contribution in [2.24, 2.45) is 0 Å². The van der Waals surface area contributed by atoms with Crippen LogP contribution in [-0.2, 0) is 17.6 Å². The third kappa shape index (κ3) is 3.85. The highest BCUT2D eigenvalue weighted by atomic mass is 16.4. The van der Waals surface area contributed by atoms with E-state index >= 15 is 0 Å². The molecule has 1 aromatic rings. The number of hydrogen-bond donors (Lipinski definition) is 1. The number of hydrogen-bond acceptors (Lipinski definition) is 3. The van der Waals surface area contributed by atoms with Gasteiger partial charge in [-0.3, -0.25) is 9.59 Å². The Morgan fingerprint density at radius 3 is 2.35 bits per heavy atom. The van der Waals surface area contributed by atoms with Crippen LogP contribution in [0.15, 0.2) is 10.5 Å². The number of furan rings is 1. The van der Waals surface area contributed by atoms with E-state index in [1.165, 1.54) is 4.90 Å². The smallest absolute Gasteiger partial charge is 0.305 e. The molecule has 0 saturated carbocycles. The van der Waals surface area contributed by atoms with Crippen molar-refractivity contribution in [1.29, 1.82) is 0 Å². The third-order valence-electron chi connectivity index (χ3n) is 3.26. The Kier molecular flexibility index (Phi) is 5.80. The predicted octanol–water partition coefficient (Wildman–Crippen LogP) is 2.73. The van der Waals surface area contributed by atoms with Crippen LogP contribution < -0.4 is 0 Å². The lowest BCUT2D eigenvalue weighted by molar-refractivity contribution is -0.137. The summed E-state index contributed by atoms with van der Waals surface area (Å²) in [4.78, 5) is 24.6. The van der Waals surface area contributed by atoms with Crippen molar-refractivity contribution in [3.05, 3.63) is 23.2 Å². The largest absolute Gasteiger partial charge is 0.481 e. The molecule has 5 nitrogen and oxygen atoms in total. The van der Waals surface area contributed by atoms with Crippen molar-refractivity contribution in [1.82, 2.24) is 4.90 Å². The monoisotopic (exact) mass is 281 g/mol. The molecule has 1 heterocycles. The van der Waals surface area contributed by atoms with Crippen molar-refractivity contribution < 1.29 is 19.1 Å². The predicted molar refractivity (Wildman–Crippen MR) is 75.9 cm³/mol. The number of carboxylic acid groups (broad SMARTS) is 1. The van der Waals surface area contributed by atoms with Gasteiger partial charge in [-0.15, -0.1) is 0 Å². The van der Waals surface area contributed by atoms with E-state index in [2.05, 4.69) is 0 Å². The normalized spacial score (nSPS) is 10.8. The van der Waals surface area contributed by atoms with E-state index in [1.54, 1.807) is 6.07 Å². The molecule has 1 rings (SSSR count). The number of carboxylic acids is 1. The second-order valence-electron chi connectivity index (χ2n) is 5.00. The van der Waals surface area contributed by atoms with Crippen molar-refractivity contribution >= 4 is 11.9 Å². The van der Waals surface area contributed by atoms with E-state index < -0.39 is 5.97 Å². The zero-order valence-corrected chi connectivity index (χ0v) is 12.6. The molecule has 0 unspecified atom stereocenters. The number of aryl methyl sites for hydroxylation is 2. The average Bonchev–Trinajstić information content (AvgIpc) is 2.81. The number of nitrogens with zero attached hydrogens (tertiary/aromatic N) is 1. The van der Waals surface area contributed by atoms with Gasteiger partial charge in [-0.2, -0.15) is 0 Å². The highest BCUT2D eigenvalue weighted by molar-refractivity contribution is 5.92. The first kappa shape index (κ1) is 16.3. The molecular formula is C15H23NO4. The van der Waals surface area contributed by atoms with Crippen LogP contribution in [0.3, 0.4) is 0 Å². The second-order valence-corrected chi connectivity index (χ2v) is 5.00. The Bertz CT molecular complexity index is 455. The topological polar surface area (TPSA) is 70.8 Å². The zero-order valence-electron chi connectivity index (χ0n) is 12.6. The third-order valence-corrected chi connectivity index (χ3v) is 3.26. The maximum Gasteiger partial charge on any atom is 0.305 e.